The van der Waals surface area contributed by atoms with Crippen LogP contribution in [0.5, 0.6) is 0 Å². The number of carbonyl (C=O) groups is 2. The van der Waals surface area contributed by atoms with Gasteiger partial charge in [-0.25, -0.2) is 0 Å². The molecule has 3 nitrogen and oxygen atoms in total. The number of unbranched alkanes of at least 4 members (excludes halogenated alkanes) is 5. The van der Waals surface area contributed by atoms with Crippen LogP contribution < -0.4 is 0 Å². The van der Waals surface area contributed by atoms with E-state index in [-0.39, 0.29) is 6.42 Å². The van der Waals surface area contributed by atoms with Crippen LogP contribution in [0.3, 0.4) is 0 Å². The number of rotatable bonds is 11. The Morgan fingerprint density at radius 1 is 0.812 bits per heavy atom. The molecule has 0 aliphatic carbocycles. The minimum absolute atomic E-state index is 0.184. The van der Waals surface area contributed by atoms with Crippen molar-refractivity contribution in [2.75, 3.05) is 0 Å². The van der Waals surface area contributed by atoms with E-state index in [2.05, 4.69) is 6.92 Å². The first-order valence-corrected chi connectivity index (χ1v) is 6.40. The number of aliphatic carboxylic acids is 1. The van der Waals surface area contributed by atoms with E-state index in [1.807, 2.05) is 0 Å². The number of ketones is 1. The number of carbonyl (C=O) groups excluding carboxylic acids is 1. The van der Waals surface area contributed by atoms with Crippen LogP contribution in [0.1, 0.15) is 71.1 Å². The first-order valence-electron chi connectivity index (χ1n) is 6.40. The summed E-state index contributed by atoms with van der Waals surface area (Å²) in [4.78, 5) is 21.6. The zero-order chi connectivity index (χ0) is 12.2. The number of hydrogen-bond donors (Lipinski definition) is 1. The van der Waals surface area contributed by atoms with Crippen LogP contribution in [0, 0.1) is 0 Å². The molecule has 1 N–H and O–H groups in total. The number of hydrogen-bond acceptors (Lipinski definition) is 2. The summed E-state index contributed by atoms with van der Waals surface area (Å²) in [5.41, 5.74) is 0. The van der Waals surface area contributed by atoms with E-state index >= 15 is 0 Å². The predicted molar refractivity (Wildman–Crippen MR) is 64.5 cm³/mol. The third kappa shape index (κ3) is 11.2. The molecule has 0 aliphatic heterocycles. The lowest BCUT2D eigenvalue weighted by atomic mass is 10.0. The van der Waals surface area contributed by atoms with Crippen molar-refractivity contribution >= 4 is 11.8 Å². The molecule has 0 fully saturated rings. The van der Waals surface area contributed by atoms with Crippen LogP contribution >= 0.6 is 0 Å². The summed E-state index contributed by atoms with van der Waals surface area (Å²) in [6, 6.07) is 0. The summed E-state index contributed by atoms with van der Waals surface area (Å²) < 4.78 is 0. The van der Waals surface area contributed by atoms with E-state index in [4.69, 9.17) is 5.11 Å². The molecule has 0 heterocycles. The van der Waals surface area contributed by atoms with Crippen molar-refractivity contribution in [3.8, 4) is 0 Å². The van der Waals surface area contributed by atoms with E-state index < -0.39 is 5.97 Å². The summed E-state index contributed by atoms with van der Waals surface area (Å²) in [5, 5.41) is 8.42. The molecule has 0 amide bonds. The van der Waals surface area contributed by atoms with Crippen molar-refractivity contribution in [1.82, 2.24) is 0 Å². The molecule has 16 heavy (non-hydrogen) atoms. The largest absolute Gasteiger partial charge is 0.481 e. The summed E-state index contributed by atoms with van der Waals surface area (Å²) in [5.74, 6) is -0.478. The molecule has 0 aromatic rings. The molecule has 0 unspecified atom stereocenters. The average molecular weight is 228 g/mol. The van der Waals surface area contributed by atoms with Gasteiger partial charge in [-0.1, -0.05) is 32.6 Å². The number of carboxylic acid groups (broad SMARTS) is 1. The molecule has 0 saturated carbocycles. The highest BCUT2D eigenvalue weighted by Crippen LogP contribution is 2.08. The fraction of sp³-hybridized carbons (Fsp3) is 0.846. The van der Waals surface area contributed by atoms with Crippen molar-refractivity contribution in [3.63, 3.8) is 0 Å². The smallest absolute Gasteiger partial charge is 0.303 e. The second-order valence-electron chi connectivity index (χ2n) is 4.30. The van der Waals surface area contributed by atoms with Gasteiger partial charge in [-0.3, -0.25) is 9.59 Å². The lowest BCUT2D eigenvalue weighted by molar-refractivity contribution is -0.137. The van der Waals surface area contributed by atoms with Gasteiger partial charge in [0.15, 0.2) is 0 Å². The SMILES string of the molecule is CCCCCCCC(=O)CCCCC(=O)O. The molecule has 0 aliphatic rings. The molecule has 94 valence electrons. The summed E-state index contributed by atoms with van der Waals surface area (Å²) >= 11 is 0. The highest BCUT2D eigenvalue weighted by Gasteiger charge is 2.03. The Kier molecular flexibility index (Phi) is 10.1. The van der Waals surface area contributed by atoms with Gasteiger partial charge >= 0.3 is 5.97 Å². The van der Waals surface area contributed by atoms with Crippen molar-refractivity contribution in [3.05, 3.63) is 0 Å². The van der Waals surface area contributed by atoms with E-state index in [1.165, 1.54) is 19.3 Å². The van der Waals surface area contributed by atoms with Gasteiger partial charge in [0.25, 0.3) is 0 Å². The molecule has 0 spiro atoms. The Balaban J connectivity index is 3.21. The average Bonchev–Trinajstić information content (AvgIpc) is 2.24. The van der Waals surface area contributed by atoms with Gasteiger partial charge in [0.2, 0.25) is 0 Å². The fourth-order valence-corrected chi connectivity index (χ4v) is 1.65. The van der Waals surface area contributed by atoms with Crippen LogP contribution in [-0.4, -0.2) is 16.9 Å². The molecular formula is C13H24O3. The van der Waals surface area contributed by atoms with E-state index in [0.717, 1.165) is 19.3 Å². The van der Waals surface area contributed by atoms with Gasteiger partial charge in [-0.05, 0) is 19.3 Å². The third-order valence-corrected chi connectivity index (χ3v) is 2.66. The summed E-state index contributed by atoms with van der Waals surface area (Å²) in [6.07, 6.45) is 8.61. The molecule has 0 rings (SSSR count). The Bertz CT molecular complexity index is 199. The van der Waals surface area contributed by atoms with Crippen molar-refractivity contribution in [2.24, 2.45) is 0 Å². The van der Waals surface area contributed by atoms with E-state index in [1.54, 1.807) is 0 Å². The normalized spacial score (nSPS) is 10.3. The molecular weight excluding hydrogens is 204 g/mol. The van der Waals surface area contributed by atoms with Crippen molar-refractivity contribution in [2.45, 2.75) is 71.1 Å². The van der Waals surface area contributed by atoms with Gasteiger partial charge in [0, 0.05) is 19.3 Å². The standard InChI is InChI=1S/C13H24O3/c1-2-3-4-5-6-9-12(14)10-7-8-11-13(15)16/h2-11H2,1H3,(H,15,16). The van der Waals surface area contributed by atoms with Crippen molar-refractivity contribution < 1.29 is 14.7 Å². The quantitative estimate of drug-likeness (QED) is 0.550. The molecule has 3 heteroatoms. The highest BCUT2D eigenvalue weighted by molar-refractivity contribution is 5.78. The second-order valence-corrected chi connectivity index (χ2v) is 4.30. The minimum atomic E-state index is -0.771. The maximum atomic E-state index is 11.4. The summed E-state index contributed by atoms with van der Waals surface area (Å²) in [7, 11) is 0. The first-order chi connectivity index (χ1) is 7.66. The van der Waals surface area contributed by atoms with Gasteiger partial charge in [0.05, 0.1) is 0 Å². The number of Topliss-reactive ketones (excluding diaryl/α,β-unsaturated/α-hetero) is 1. The molecule has 0 bridgehead atoms. The Morgan fingerprint density at radius 2 is 1.31 bits per heavy atom. The molecule has 0 aromatic heterocycles. The second kappa shape index (κ2) is 10.7. The Hall–Kier alpha value is -0.860. The molecule has 0 saturated heterocycles. The van der Waals surface area contributed by atoms with Gasteiger partial charge in [0.1, 0.15) is 5.78 Å². The van der Waals surface area contributed by atoms with Gasteiger partial charge < -0.3 is 5.11 Å². The minimum Gasteiger partial charge on any atom is -0.481 e. The van der Waals surface area contributed by atoms with Crippen LogP contribution in [0.15, 0.2) is 0 Å². The first kappa shape index (κ1) is 15.1. The number of carboxylic acids is 1. The van der Waals surface area contributed by atoms with Crippen LogP contribution in [-0.2, 0) is 9.59 Å². The topological polar surface area (TPSA) is 54.4 Å². The van der Waals surface area contributed by atoms with Gasteiger partial charge in [-0.2, -0.15) is 0 Å². The fourth-order valence-electron chi connectivity index (χ4n) is 1.65. The molecule has 0 atom stereocenters. The lowest BCUT2D eigenvalue weighted by Gasteiger charge is -2.00. The lowest BCUT2D eigenvalue weighted by Crippen LogP contribution is -1.99. The van der Waals surface area contributed by atoms with E-state index in [9.17, 15) is 9.59 Å². The third-order valence-electron chi connectivity index (χ3n) is 2.66. The zero-order valence-electron chi connectivity index (χ0n) is 10.3. The maximum absolute atomic E-state index is 11.4. The van der Waals surface area contributed by atoms with Crippen LogP contribution in [0.25, 0.3) is 0 Å². The van der Waals surface area contributed by atoms with E-state index in [0.29, 0.717) is 25.0 Å². The Labute approximate surface area is 98.2 Å². The van der Waals surface area contributed by atoms with Gasteiger partial charge in [-0.15, -0.1) is 0 Å². The summed E-state index contributed by atoms with van der Waals surface area (Å²) in [6.45, 7) is 2.17. The maximum Gasteiger partial charge on any atom is 0.303 e. The monoisotopic (exact) mass is 228 g/mol. The molecule has 0 aromatic carbocycles. The predicted octanol–water partition coefficient (Wildman–Crippen LogP) is 3.56. The van der Waals surface area contributed by atoms with Crippen LogP contribution in [0.4, 0.5) is 0 Å². The Morgan fingerprint density at radius 3 is 1.88 bits per heavy atom. The van der Waals surface area contributed by atoms with Crippen LogP contribution in [0.2, 0.25) is 0 Å². The molecule has 0 radical (unpaired) electrons. The zero-order valence-corrected chi connectivity index (χ0v) is 10.3. The highest BCUT2D eigenvalue weighted by atomic mass is 16.4. The van der Waals surface area contributed by atoms with Crippen molar-refractivity contribution in [1.29, 1.82) is 0 Å².